The van der Waals surface area contributed by atoms with Crippen molar-refractivity contribution in [1.29, 1.82) is 0 Å². The van der Waals surface area contributed by atoms with Crippen LogP contribution in [0.5, 0.6) is 0 Å². The van der Waals surface area contributed by atoms with Gasteiger partial charge >= 0.3 is 5.97 Å². The molecule has 2 N–H and O–H groups in total. The highest BCUT2D eigenvalue weighted by Gasteiger charge is 2.05. The Hall–Kier alpha value is -1.55. The molecule has 0 saturated heterocycles. The highest BCUT2D eigenvalue weighted by molar-refractivity contribution is 6.30. The number of hydrogen-bond donors (Lipinski definition) is 1. The first-order chi connectivity index (χ1) is 7.54. The van der Waals surface area contributed by atoms with Crippen molar-refractivity contribution in [2.24, 2.45) is 5.73 Å². The summed E-state index contributed by atoms with van der Waals surface area (Å²) in [4.78, 5) is 11.1. The van der Waals surface area contributed by atoms with E-state index in [1.807, 2.05) is 0 Å². The van der Waals surface area contributed by atoms with Crippen molar-refractivity contribution < 1.29 is 13.9 Å². The summed E-state index contributed by atoms with van der Waals surface area (Å²) in [5, 5.41) is -0.0438. The summed E-state index contributed by atoms with van der Waals surface area (Å²) in [5.41, 5.74) is 6.28. The van der Waals surface area contributed by atoms with Crippen LogP contribution in [0.15, 0.2) is 24.3 Å². The molecule has 0 heterocycles. The van der Waals surface area contributed by atoms with Crippen LogP contribution in [0.1, 0.15) is 12.5 Å². The average molecular weight is 244 g/mol. The van der Waals surface area contributed by atoms with E-state index in [1.54, 1.807) is 6.92 Å². The molecule has 0 aliphatic carbocycles. The molecular weight excluding hydrogens is 233 g/mol. The van der Waals surface area contributed by atoms with E-state index >= 15 is 0 Å². The molecule has 3 nitrogen and oxygen atoms in total. The van der Waals surface area contributed by atoms with Crippen molar-refractivity contribution in [3.63, 3.8) is 0 Å². The third-order valence-corrected chi connectivity index (χ3v) is 2.10. The Balaban J connectivity index is 2.91. The lowest BCUT2D eigenvalue weighted by molar-refractivity contribution is -0.137. The van der Waals surface area contributed by atoms with E-state index in [9.17, 15) is 9.18 Å². The van der Waals surface area contributed by atoms with Gasteiger partial charge in [-0.25, -0.2) is 9.18 Å². The van der Waals surface area contributed by atoms with Gasteiger partial charge in [0, 0.05) is 11.8 Å². The highest BCUT2D eigenvalue weighted by atomic mass is 35.5. The van der Waals surface area contributed by atoms with Gasteiger partial charge in [-0.1, -0.05) is 11.6 Å². The van der Waals surface area contributed by atoms with Crippen LogP contribution in [0.25, 0.3) is 5.70 Å². The van der Waals surface area contributed by atoms with Gasteiger partial charge in [-0.2, -0.15) is 0 Å². The second-order valence-electron chi connectivity index (χ2n) is 2.98. The molecular formula is C11H11ClFNO2. The zero-order valence-electron chi connectivity index (χ0n) is 8.67. The minimum atomic E-state index is -0.541. The van der Waals surface area contributed by atoms with Gasteiger partial charge in [-0.05, 0) is 30.7 Å². The minimum absolute atomic E-state index is 0.0438. The third-order valence-electron chi connectivity index (χ3n) is 1.81. The molecule has 0 bridgehead atoms. The molecule has 5 heteroatoms. The Bertz CT molecular complexity index is 432. The summed E-state index contributed by atoms with van der Waals surface area (Å²) in [6.45, 7) is 1.96. The molecule has 0 aliphatic rings. The topological polar surface area (TPSA) is 52.3 Å². The monoisotopic (exact) mass is 243 g/mol. The molecule has 1 aromatic carbocycles. The van der Waals surface area contributed by atoms with Crippen LogP contribution in [-0.2, 0) is 9.53 Å². The maximum atomic E-state index is 12.9. The predicted octanol–water partition coefficient (Wildman–Crippen LogP) is 2.34. The van der Waals surface area contributed by atoms with Crippen molar-refractivity contribution in [3.8, 4) is 0 Å². The smallest absolute Gasteiger partial charge is 0.332 e. The molecule has 16 heavy (non-hydrogen) atoms. The third kappa shape index (κ3) is 3.24. The SMILES string of the molecule is CCOC(=O)/C=C(\N)c1ccc(F)c(Cl)c1. The van der Waals surface area contributed by atoms with Gasteiger partial charge in [0.15, 0.2) is 0 Å². The number of ether oxygens (including phenoxy) is 1. The van der Waals surface area contributed by atoms with Crippen molar-refractivity contribution in [2.75, 3.05) is 6.61 Å². The lowest BCUT2D eigenvalue weighted by atomic mass is 10.1. The van der Waals surface area contributed by atoms with Crippen molar-refractivity contribution >= 4 is 23.3 Å². The number of esters is 1. The Morgan fingerprint density at radius 2 is 2.31 bits per heavy atom. The molecule has 0 unspecified atom stereocenters. The predicted molar refractivity (Wildman–Crippen MR) is 60.2 cm³/mol. The lowest BCUT2D eigenvalue weighted by Gasteiger charge is -2.03. The first-order valence-corrected chi connectivity index (χ1v) is 5.01. The number of carbonyl (C=O) groups excluding carboxylic acids is 1. The van der Waals surface area contributed by atoms with Crippen LogP contribution in [0.3, 0.4) is 0 Å². The highest BCUT2D eigenvalue weighted by Crippen LogP contribution is 2.19. The Labute approximate surface area is 97.7 Å². The molecule has 0 saturated carbocycles. The normalized spacial score (nSPS) is 11.3. The molecule has 0 atom stereocenters. The van der Waals surface area contributed by atoms with Gasteiger partial charge in [0.05, 0.1) is 11.6 Å². The van der Waals surface area contributed by atoms with Crippen LogP contribution < -0.4 is 5.73 Å². The molecule has 0 fully saturated rings. The second kappa shape index (κ2) is 5.51. The molecule has 1 rings (SSSR count). The number of nitrogens with two attached hydrogens (primary N) is 1. The summed E-state index contributed by atoms with van der Waals surface area (Å²) in [6.07, 6.45) is 1.13. The van der Waals surface area contributed by atoms with E-state index in [1.165, 1.54) is 18.2 Å². The van der Waals surface area contributed by atoms with Crippen LogP contribution in [0.2, 0.25) is 5.02 Å². The summed E-state index contributed by atoms with van der Waals surface area (Å²) < 4.78 is 17.5. The van der Waals surface area contributed by atoms with Crippen LogP contribution in [0.4, 0.5) is 4.39 Å². The van der Waals surface area contributed by atoms with Crippen molar-refractivity contribution in [2.45, 2.75) is 6.92 Å². The van der Waals surface area contributed by atoms with E-state index in [2.05, 4.69) is 4.74 Å². The summed E-state index contributed by atoms with van der Waals surface area (Å²) >= 11 is 5.58. The van der Waals surface area contributed by atoms with Crippen LogP contribution >= 0.6 is 11.6 Å². The molecule has 0 aromatic heterocycles. The quantitative estimate of drug-likeness (QED) is 0.655. The standard InChI is InChI=1S/C11H11ClFNO2/c1-2-16-11(15)6-10(14)7-3-4-9(13)8(12)5-7/h3-6H,2,14H2,1H3/b10-6-. The van der Waals surface area contributed by atoms with Gasteiger partial charge in [-0.15, -0.1) is 0 Å². The number of halogens is 2. The van der Waals surface area contributed by atoms with E-state index < -0.39 is 11.8 Å². The summed E-state index contributed by atoms with van der Waals surface area (Å²) in [5.74, 6) is -1.07. The average Bonchev–Trinajstić information content (AvgIpc) is 2.22. The van der Waals surface area contributed by atoms with Gasteiger partial charge < -0.3 is 10.5 Å². The largest absolute Gasteiger partial charge is 0.463 e. The minimum Gasteiger partial charge on any atom is -0.463 e. The Morgan fingerprint density at radius 1 is 1.62 bits per heavy atom. The fourth-order valence-electron chi connectivity index (χ4n) is 1.07. The lowest BCUT2D eigenvalue weighted by Crippen LogP contribution is -2.05. The van der Waals surface area contributed by atoms with E-state index in [0.29, 0.717) is 5.56 Å². The van der Waals surface area contributed by atoms with Gasteiger partial charge in [0.1, 0.15) is 5.82 Å². The van der Waals surface area contributed by atoms with E-state index in [4.69, 9.17) is 17.3 Å². The first kappa shape index (κ1) is 12.5. The molecule has 0 amide bonds. The van der Waals surface area contributed by atoms with E-state index in [-0.39, 0.29) is 17.3 Å². The molecule has 1 aromatic rings. The Morgan fingerprint density at radius 3 is 2.88 bits per heavy atom. The fraction of sp³-hybridized carbons (Fsp3) is 0.182. The summed E-state index contributed by atoms with van der Waals surface area (Å²) in [7, 11) is 0. The zero-order valence-corrected chi connectivity index (χ0v) is 9.42. The zero-order chi connectivity index (χ0) is 12.1. The molecule has 0 aliphatic heterocycles. The number of hydrogen-bond acceptors (Lipinski definition) is 3. The van der Waals surface area contributed by atoms with Gasteiger partial charge in [-0.3, -0.25) is 0 Å². The van der Waals surface area contributed by atoms with Crippen LogP contribution in [-0.4, -0.2) is 12.6 Å². The molecule has 0 radical (unpaired) electrons. The van der Waals surface area contributed by atoms with E-state index in [0.717, 1.165) is 6.08 Å². The second-order valence-corrected chi connectivity index (χ2v) is 3.39. The Kier molecular flexibility index (Phi) is 4.31. The van der Waals surface area contributed by atoms with Crippen molar-refractivity contribution in [3.05, 3.63) is 40.7 Å². The van der Waals surface area contributed by atoms with Gasteiger partial charge in [0.25, 0.3) is 0 Å². The van der Waals surface area contributed by atoms with Crippen LogP contribution in [0, 0.1) is 5.82 Å². The van der Waals surface area contributed by atoms with Gasteiger partial charge in [0.2, 0.25) is 0 Å². The number of benzene rings is 1. The fourth-order valence-corrected chi connectivity index (χ4v) is 1.25. The molecule has 86 valence electrons. The van der Waals surface area contributed by atoms with Crippen molar-refractivity contribution in [1.82, 2.24) is 0 Å². The maximum Gasteiger partial charge on any atom is 0.332 e. The number of rotatable bonds is 3. The summed E-state index contributed by atoms with van der Waals surface area (Å²) in [6, 6.07) is 3.97. The number of carbonyl (C=O) groups is 1. The maximum absolute atomic E-state index is 12.9. The molecule has 0 spiro atoms. The first-order valence-electron chi connectivity index (χ1n) is 4.64.